The number of ether oxygens (including phenoxy) is 1. The van der Waals surface area contributed by atoms with Crippen molar-refractivity contribution in [1.29, 1.82) is 0 Å². The third-order valence-corrected chi connectivity index (χ3v) is 5.36. The van der Waals surface area contributed by atoms with Gasteiger partial charge in [0.25, 0.3) is 5.91 Å². The van der Waals surface area contributed by atoms with E-state index in [1.807, 2.05) is 12.1 Å². The molecule has 1 aliphatic carbocycles. The predicted octanol–water partition coefficient (Wildman–Crippen LogP) is 3.87. The smallest absolute Gasteiger partial charge is 0.268 e. The van der Waals surface area contributed by atoms with Crippen LogP contribution in [-0.2, 0) is 11.3 Å². The van der Waals surface area contributed by atoms with E-state index in [-0.39, 0.29) is 12.0 Å². The lowest BCUT2D eigenvalue weighted by Gasteiger charge is -2.25. The van der Waals surface area contributed by atoms with E-state index in [1.54, 1.807) is 6.26 Å². The lowest BCUT2D eigenvalue weighted by molar-refractivity contribution is 0.00636. The number of carbonyl (C=O) groups excluding carboxylic acids is 1. The van der Waals surface area contributed by atoms with Gasteiger partial charge in [0.2, 0.25) is 0 Å². The summed E-state index contributed by atoms with van der Waals surface area (Å²) in [7, 11) is 0. The Morgan fingerprint density at radius 2 is 2.00 bits per heavy atom. The number of furan rings is 1. The van der Waals surface area contributed by atoms with Crippen LogP contribution in [-0.4, -0.2) is 29.2 Å². The molecule has 0 radical (unpaired) electrons. The van der Waals surface area contributed by atoms with E-state index in [1.165, 1.54) is 25.7 Å². The van der Waals surface area contributed by atoms with E-state index in [2.05, 4.69) is 9.88 Å². The molecule has 1 atom stereocenters. The molecular formula is C19H26N2O3. The first-order valence-electron chi connectivity index (χ1n) is 9.30. The lowest BCUT2D eigenvalue weighted by Crippen LogP contribution is -2.37. The first-order chi connectivity index (χ1) is 11.8. The minimum Gasteiger partial charge on any atom is -0.463 e. The Kier molecular flexibility index (Phi) is 4.60. The molecule has 1 saturated carbocycles. The molecule has 2 fully saturated rings. The van der Waals surface area contributed by atoms with E-state index in [9.17, 15) is 4.79 Å². The molecule has 1 N–H and O–H groups in total. The highest BCUT2D eigenvalue weighted by atomic mass is 16.5. The summed E-state index contributed by atoms with van der Waals surface area (Å²) in [5.41, 5.74) is 2.46. The second kappa shape index (κ2) is 7.01. The zero-order valence-electron chi connectivity index (χ0n) is 14.1. The molecule has 2 aromatic heterocycles. The first kappa shape index (κ1) is 15.8. The van der Waals surface area contributed by atoms with E-state index < -0.39 is 0 Å². The number of nitrogens with one attached hydrogen (secondary N) is 1. The Morgan fingerprint density at radius 3 is 2.79 bits per heavy atom. The van der Waals surface area contributed by atoms with Crippen molar-refractivity contribution >= 4 is 17.0 Å². The van der Waals surface area contributed by atoms with Gasteiger partial charge in [-0.2, -0.15) is 0 Å². The van der Waals surface area contributed by atoms with Crippen molar-refractivity contribution in [2.24, 2.45) is 0 Å². The molecule has 0 bridgehead atoms. The Bertz CT molecular complexity index is 691. The van der Waals surface area contributed by atoms with Crippen LogP contribution in [0.5, 0.6) is 0 Å². The summed E-state index contributed by atoms with van der Waals surface area (Å²) < 4.78 is 13.5. The summed E-state index contributed by atoms with van der Waals surface area (Å²) in [4.78, 5) is 12.8. The molecule has 5 heteroatoms. The standard InChI is InChI=1S/C19H26N2O3/c22-19(20-14-6-2-1-3-7-14)17-12-18-16(9-11-24-18)21(17)13-15-8-4-5-10-23-15/h9,11-12,14-15H,1-8,10,13H2,(H,20,22). The normalized spacial score (nSPS) is 22.8. The fourth-order valence-electron chi connectivity index (χ4n) is 4.02. The number of rotatable bonds is 4. The number of hydrogen-bond acceptors (Lipinski definition) is 3. The summed E-state index contributed by atoms with van der Waals surface area (Å²) in [6.45, 7) is 1.54. The van der Waals surface area contributed by atoms with Crippen molar-refractivity contribution in [3.8, 4) is 0 Å². The lowest BCUT2D eigenvalue weighted by atomic mass is 9.95. The quantitative estimate of drug-likeness (QED) is 0.926. The van der Waals surface area contributed by atoms with Gasteiger partial charge in [-0.15, -0.1) is 0 Å². The molecule has 1 saturated heterocycles. The largest absolute Gasteiger partial charge is 0.463 e. The van der Waals surface area contributed by atoms with Crippen molar-refractivity contribution in [1.82, 2.24) is 9.88 Å². The summed E-state index contributed by atoms with van der Waals surface area (Å²) >= 11 is 0. The third kappa shape index (κ3) is 3.22. The van der Waals surface area contributed by atoms with Crippen molar-refractivity contribution < 1.29 is 13.9 Å². The second-order valence-electron chi connectivity index (χ2n) is 7.11. The topological polar surface area (TPSA) is 56.4 Å². The highest BCUT2D eigenvalue weighted by Crippen LogP contribution is 2.25. The highest BCUT2D eigenvalue weighted by Gasteiger charge is 2.24. The van der Waals surface area contributed by atoms with Gasteiger partial charge < -0.3 is 19.0 Å². The number of amides is 1. The maximum atomic E-state index is 12.8. The van der Waals surface area contributed by atoms with Crippen molar-refractivity contribution in [3.63, 3.8) is 0 Å². The molecule has 2 aliphatic rings. The summed E-state index contributed by atoms with van der Waals surface area (Å²) in [6.07, 6.45) is 11.2. The van der Waals surface area contributed by atoms with Gasteiger partial charge in [-0.25, -0.2) is 0 Å². The fourth-order valence-corrected chi connectivity index (χ4v) is 4.02. The molecule has 1 amide bonds. The monoisotopic (exact) mass is 330 g/mol. The van der Waals surface area contributed by atoms with Crippen LogP contribution < -0.4 is 5.32 Å². The Labute approximate surface area is 142 Å². The van der Waals surface area contributed by atoms with Crippen LogP contribution in [0.3, 0.4) is 0 Å². The number of hydrogen-bond donors (Lipinski definition) is 1. The Hall–Kier alpha value is -1.75. The van der Waals surface area contributed by atoms with Crippen LogP contribution in [0, 0.1) is 0 Å². The molecule has 4 rings (SSSR count). The van der Waals surface area contributed by atoms with Crippen LogP contribution in [0.4, 0.5) is 0 Å². The van der Waals surface area contributed by atoms with E-state index in [0.29, 0.717) is 11.7 Å². The second-order valence-corrected chi connectivity index (χ2v) is 7.11. The van der Waals surface area contributed by atoms with Gasteiger partial charge in [0.05, 0.1) is 17.9 Å². The van der Waals surface area contributed by atoms with Crippen LogP contribution in [0.15, 0.2) is 22.8 Å². The average molecular weight is 330 g/mol. The predicted molar refractivity (Wildman–Crippen MR) is 92.1 cm³/mol. The number of fused-ring (bicyclic) bond motifs is 1. The van der Waals surface area contributed by atoms with Gasteiger partial charge in [-0.05, 0) is 32.1 Å². The van der Waals surface area contributed by atoms with Crippen molar-refractivity contribution in [3.05, 3.63) is 24.1 Å². The molecule has 5 nitrogen and oxygen atoms in total. The van der Waals surface area contributed by atoms with Crippen molar-refractivity contribution in [2.75, 3.05) is 6.61 Å². The Balaban J connectivity index is 1.55. The molecule has 1 unspecified atom stereocenters. The van der Waals surface area contributed by atoms with Gasteiger partial charge >= 0.3 is 0 Å². The number of aromatic nitrogens is 1. The highest BCUT2D eigenvalue weighted by molar-refractivity contribution is 5.97. The average Bonchev–Trinajstić information content (AvgIpc) is 3.19. The number of carbonyl (C=O) groups is 1. The summed E-state index contributed by atoms with van der Waals surface area (Å²) in [5.74, 6) is 0.0177. The molecule has 0 aromatic carbocycles. The maximum Gasteiger partial charge on any atom is 0.268 e. The molecule has 3 heterocycles. The zero-order valence-corrected chi connectivity index (χ0v) is 14.1. The molecular weight excluding hydrogens is 304 g/mol. The van der Waals surface area contributed by atoms with Crippen molar-refractivity contribution in [2.45, 2.75) is 70.1 Å². The van der Waals surface area contributed by atoms with Gasteiger partial charge in [-0.3, -0.25) is 4.79 Å². The van der Waals surface area contributed by atoms with Gasteiger partial charge in [0.1, 0.15) is 5.69 Å². The van der Waals surface area contributed by atoms with E-state index in [0.717, 1.165) is 49.9 Å². The van der Waals surface area contributed by atoms with E-state index in [4.69, 9.17) is 9.15 Å². The Morgan fingerprint density at radius 1 is 1.17 bits per heavy atom. The first-order valence-corrected chi connectivity index (χ1v) is 9.30. The fraction of sp³-hybridized carbons (Fsp3) is 0.632. The van der Waals surface area contributed by atoms with Crippen LogP contribution in [0.2, 0.25) is 0 Å². The third-order valence-electron chi connectivity index (χ3n) is 5.36. The van der Waals surface area contributed by atoms with Crippen LogP contribution in [0.25, 0.3) is 11.1 Å². The molecule has 24 heavy (non-hydrogen) atoms. The minimum absolute atomic E-state index is 0.0177. The van der Waals surface area contributed by atoms with Crippen LogP contribution in [0.1, 0.15) is 61.9 Å². The molecule has 0 spiro atoms. The van der Waals surface area contributed by atoms with Gasteiger partial charge in [-0.1, -0.05) is 19.3 Å². The summed E-state index contributed by atoms with van der Waals surface area (Å²) in [6, 6.07) is 4.12. The maximum absolute atomic E-state index is 12.8. The number of nitrogens with zero attached hydrogens (tertiary/aromatic N) is 1. The van der Waals surface area contributed by atoms with E-state index >= 15 is 0 Å². The van der Waals surface area contributed by atoms with Gasteiger partial charge in [0, 0.05) is 31.3 Å². The molecule has 130 valence electrons. The van der Waals surface area contributed by atoms with Crippen LogP contribution >= 0.6 is 0 Å². The SMILES string of the molecule is O=C(NC1CCCCC1)c1cc2occc2n1CC1CCCCO1. The van der Waals surface area contributed by atoms with Gasteiger partial charge in [0.15, 0.2) is 5.58 Å². The zero-order chi connectivity index (χ0) is 16.4. The molecule has 2 aromatic rings. The summed E-state index contributed by atoms with van der Waals surface area (Å²) in [5, 5.41) is 3.22. The molecule has 1 aliphatic heterocycles. The minimum atomic E-state index is 0.0177.